The van der Waals surface area contributed by atoms with Gasteiger partial charge in [0.25, 0.3) is 5.91 Å². The summed E-state index contributed by atoms with van der Waals surface area (Å²) in [6, 6.07) is 20.4. The molecule has 1 aromatic heterocycles. The lowest BCUT2D eigenvalue weighted by Gasteiger charge is -2.36. The quantitative estimate of drug-likeness (QED) is 0.244. The lowest BCUT2D eigenvalue weighted by molar-refractivity contribution is -0.119. The second-order valence-corrected chi connectivity index (χ2v) is 12.2. The predicted molar refractivity (Wildman–Crippen MR) is 164 cm³/mol. The molecule has 42 heavy (non-hydrogen) atoms. The number of allylic oxidation sites excluding steroid dienone is 1. The summed E-state index contributed by atoms with van der Waals surface area (Å²) in [5, 5.41) is 4.14. The van der Waals surface area contributed by atoms with Gasteiger partial charge in [-0.2, -0.15) is 0 Å². The topological polar surface area (TPSA) is 86.8 Å². The van der Waals surface area contributed by atoms with E-state index < -0.39 is 18.5 Å². The van der Waals surface area contributed by atoms with Gasteiger partial charge >= 0.3 is 5.97 Å². The van der Waals surface area contributed by atoms with E-state index in [2.05, 4.69) is 32.2 Å². The molecule has 3 aromatic carbocycles. The highest BCUT2D eigenvalue weighted by molar-refractivity contribution is 6.30. The summed E-state index contributed by atoms with van der Waals surface area (Å²) >= 11 is 6.14. The Morgan fingerprint density at radius 2 is 1.79 bits per heavy atom. The number of benzene rings is 3. The largest absolute Gasteiger partial charge is 0.454 e. The van der Waals surface area contributed by atoms with E-state index in [1.165, 1.54) is 0 Å². The number of rotatable bonds is 5. The fraction of sp³-hybridized carbons (Fsp3) is 0.265. The number of anilines is 1. The smallest absolute Gasteiger partial charge is 0.339 e. The maximum absolute atomic E-state index is 13.8. The summed E-state index contributed by atoms with van der Waals surface area (Å²) in [6.45, 7) is 6.36. The summed E-state index contributed by atoms with van der Waals surface area (Å²) in [6.07, 6.45) is 3.61. The Hall–Kier alpha value is -4.36. The van der Waals surface area contributed by atoms with Crippen LogP contribution in [0.1, 0.15) is 54.4 Å². The standard InChI is InChI=1S/C34H31ClN2O5/c1-34(2,3)22-15-21(14-20-8-10-23(35)11-9-20)32-26(16-22)31(25-6-4-5-7-27(25)37-32)33(39)40-18-30(38)36-24-12-13-28-29(17-24)42-19-41-28/h4-14,17,22H,15-16,18-19H2,1-3H3,(H,36,38)/b21-14+/t22-/m0/s1. The Morgan fingerprint density at radius 1 is 1.02 bits per heavy atom. The van der Waals surface area contributed by atoms with Gasteiger partial charge in [-0.25, -0.2) is 9.78 Å². The van der Waals surface area contributed by atoms with Gasteiger partial charge in [0, 0.05) is 22.2 Å². The Balaban J connectivity index is 1.34. The first kappa shape index (κ1) is 27.8. The number of carbonyl (C=O) groups is 2. The Bertz CT molecular complexity index is 1720. The van der Waals surface area contributed by atoms with Crippen molar-refractivity contribution in [3.63, 3.8) is 0 Å². The molecule has 1 aliphatic heterocycles. The zero-order chi connectivity index (χ0) is 29.4. The minimum absolute atomic E-state index is 0.0197. The number of hydrogen-bond donors (Lipinski definition) is 1. The highest BCUT2D eigenvalue weighted by atomic mass is 35.5. The van der Waals surface area contributed by atoms with Crippen LogP contribution >= 0.6 is 11.6 Å². The van der Waals surface area contributed by atoms with Crippen LogP contribution in [0, 0.1) is 11.3 Å². The van der Waals surface area contributed by atoms with Crippen LogP contribution in [-0.4, -0.2) is 30.3 Å². The molecule has 0 spiro atoms. The van der Waals surface area contributed by atoms with Crippen molar-refractivity contribution >= 4 is 51.7 Å². The van der Waals surface area contributed by atoms with Crippen LogP contribution in [0.5, 0.6) is 11.5 Å². The van der Waals surface area contributed by atoms with Gasteiger partial charge in [-0.1, -0.05) is 62.7 Å². The lowest BCUT2D eigenvalue weighted by Crippen LogP contribution is -2.29. The Kier molecular flexibility index (Phi) is 7.37. The van der Waals surface area contributed by atoms with Gasteiger partial charge < -0.3 is 19.5 Å². The maximum atomic E-state index is 13.8. The van der Waals surface area contributed by atoms with Crippen LogP contribution in [-0.2, 0) is 16.0 Å². The molecule has 0 bridgehead atoms. The zero-order valence-corrected chi connectivity index (χ0v) is 24.5. The van der Waals surface area contributed by atoms with Crippen LogP contribution < -0.4 is 14.8 Å². The van der Waals surface area contributed by atoms with Crippen molar-refractivity contribution in [2.75, 3.05) is 18.7 Å². The average molecular weight is 583 g/mol. The van der Waals surface area contributed by atoms with Crippen molar-refractivity contribution in [2.45, 2.75) is 33.6 Å². The summed E-state index contributed by atoms with van der Waals surface area (Å²) in [5.41, 5.74) is 5.37. The van der Waals surface area contributed by atoms with Gasteiger partial charge in [0.05, 0.1) is 16.8 Å². The van der Waals surface area contributed by atoms with Gasteiger partial charge in [0.1, 0.15) is 0 Å². The molecule has 0 fully saturated rings. The number of aromatic nitrogens is 1. The van der Waals surface area contributed by atoms with E-state index in [1.54, 1.807) is 18.2 Å². The van der Waals surface area contributed by atoms with E-state index in [1.807, 2.05) is 48.5 Å². The number of nitrogens with one attached hydrogen (secondary N) is 1. The normalized spacial score (nSPS) is 16.8. The number of amides is 1. The van der Waals surface area contributed by atoms with E-state index in [0.29, 0.717) is 45.1 Å². The highest BCUT2D eigenvalue weighted by Crippen LogP contribution is 2.45. The molecular formula is C34H31ClN2O5. The molecule has 1 N–H and O–H groups in total. The minimum atomic E-state index is -0.550. The molecule has 6 rings (SSSR count). The van der Waals surface area contributed by atoms with Gasteiger partial charge in [-0.15, -0.1) is 0 Å². The summed E-state index contributed by atoms with van der Waals surface area (Å²) in [7, 11) is 0. The number of esters is 1. The molecule has 1 atom stereocenters. The molecule has 2 aliphatic rings. The van der Waals surface area contributed by atoms with E-state index in [9.17, 15) is 9.59 Å². The molecule has 2 heterocycles. The van der Waals surface area contributed by atoms with Crippen molar-refractivity contribution in [2.24, 2.45) is 11.3 Å². The van der Waals surface area contributed by atoms with E-state index in [4.69, 9.17) is 30.8 Å². The molecular weight excluding hydrogens is 552 g/mol. The molecule has 1 amide bonds. The Morgan fingerprint density at radius 3 is 2.57 bits per heavy atom. The van der Waals surface area contributed by atoms with E-state index in [-0.39, 0.29) is 18.1 Å². The SMILES string of the molecule is CC(C)(C)[C@H]1C/C(=C\c2ccc(Cl)cc2)c2nc3ccccc3c(C(=O)OCC(=O)Nc3ccc4c(c3)OCO4)c2C1. The van der Waals surface area contributed by atoms with Crippen molar-refractivity contribution < 1.29 is 23.8 Å². The number of para-hydroxylation sites is 1. The second-order valence-electron chi connectivity index (χ2n) is 11.7. The molecule has 7 nitrogen and oxygen atoms in total. The number of pyridine rings is 1. The van der Waals surface area contributed by atoms with Crippen LogP contribution in [0.4, 0.5) is 5.69 Å². The number of fused-ring (bicyclic) bond motifs is 3. The fourth-order valence-corrected chi connectivity index (χ4v) is 5.63. The molecule has 8 heteroatoms. The van der Waals surface area contributed by atoms with Gasteiger partial charge in [0.15, 0.2) is 18.1 Å². The molecule has 0 radical (unpaired) electrons. The molecule has 0 unspecified atom stereocenters. The number of ether oxygens (including phenoxy) is 3. The number of carbonyl (C=O) groups excluding carboxylic acids is 2. The van der Waals surface area contributed by atoms with E-state index >= 15 is 0 Å². The molecule has 0 saturated carbocycles. The molecule has 214 valence electrons. The molecule has 0 saturated heterocycles. The van der Waals surface area contributed by atoms with Crippen molar-refractivity contribution in [3.8, 4) is 11.5 Å². The molecule has 1 aliphatic carbocycles. The highest BCUT2D eigenvalue weighted by Gasteiger charge is 2.35. The third kappa shape index (κ3) is 5.70. The van der Waals surface area contributed by atoms with Gasteiger partial charge in [-0.3, -0.25) is 4.79 Å². The van der Waals surface area contributed by atoms with Gasteiger partial charge in [-0.05, 0) is 77.3 Å². The van der Waals surface area contributed by atoms with Crippen LogP contribution in [0.2, 0.25) is 5.02 Å². The lowest BCUT2D eigenvalue weighted by atomic mass is 9.69. The Labute approximate surface area is 249 Å². The zero-order valence-electron chi connectivity index (χ0n) is 23.7. The minimum Gasteiger partial charge on any atom is -0.454 e. The third-order valence-electron chi connectivity index (χ3n) is 7.84. The van der Waals surface area contributed by atoms with Crippen molar-refractivity contribution in [3.05, 3.63) is 94.1 Å². The van der Waals surface area contributed by atoms with Crippen molar-refractivity contribution in [1.82, 2.24) is 4.98 Å². The van der Waals surface area contributed by atoms with Gasteiger partial charge in [0.2, 0.25) is 6.79 Å². The van der Waals surface area contributed by atoms with Crippen LogP contribution in [0.25, 0.3) is 22.6 Å². The fourth-order valence-electron chi connectivity index (χ4n) is 5.50. The third-order valence-corrected chi connectivity index (χ3v) is 8.10. The average Bonchev–Trinajstić information content (AvgIpc) is 3.43. The predicted octanol–water partition coefficient (Wildman–Crippen LogP) is 7.56. The monoisotopic (exact) mass is 582 g/mol. The first-order valence-corrected chi connectivity index (χ1v) is 14.3. The van der Waals surface area contributed by atoms with E-state index in [0.717, 1.165) is 28.8 Å². The summed E-state index contributed by atoms with van der Waals surface area (Å²) in [5.74, 6) is 0.422. The van der Waals surface area contributed by atoms with Crippen LogP contribution in [0.15, 0.2) is 66.7 Å². The number of hydrogen-bond acceptors (Lipinski definition) is 6. The number of halogens is 1. The summed E-state index contributed by atoms with van der Waals surface area (Å²) < 4.78 is 16.3. The van der Waals surface area contributed by atoms with Crippen molar-refractivity contribution in [1.29, 1.82) is 0 Å². The first-order valence-electron chi connectivity index (χ1n) is 13.9. The summed E-state index contributed by atoms with van der Waals surface area (Å²) in [4.78, 5) is 31.6. The number of nitrogens with zero attached hydrogens (tertiary/aromatic N) is 1. The molecule has 4 aromatic rings. The maximum Gasteiger partial charge on any atom is 0.339 e. The van der Waals surface area contributed by atoms with Crippen LogP contribution in [0.3, 0.4) is 0 Å². The second kappa shape index (κ2) is 11.1. The first-order chi connectivity index (χ1) is 20.2.